The summed E-state index contributed by atoms with van der Waals surface area (Å²) in [6, 6.07) is 10.1. The molecule has 21 heavy (non-hydrogen) atoms. The molecular formula is C18H25NO2. The first-order valence-corrected chi connectivity index (χ1v) is 8.21. The number of aliphatic hydroxyl groups is 1. The van der Waals surface area contributed by atoms with Gasteiger partial charge in [0.15, 0.2) is 0 Å². The van der Waals surface area contributed by atoms with Crippen molar-refractivity contribution >= 4 is 5.91 Å². The number of carbonyl (C=O) groups is 1. The summed E-state index contributed by atoms with van der Waals surface area (Å²) in [6.45, 7) is 0.975. The fourth-order valence-corrected chi connectivity index (χ4v) is 3.72. The third-order valence-electron chi connectivity index (χ3n) is 5.34. The lowest BCUT2D eigenvalue weighted by Gasteiger charge is -2.30. The molecule has 2 aliphatic carbocycles. The number of benzene rings is 1. The predicted molar refractivity (Wildman–Crippen MR) is 82.9 cm³/mol. The molecule has 114 valence electrons. The van der Waals surface area contributed by atoms with Gasteiger partial charge in [0, 0.05) is 13.2 Å². The topological polar surface area (TPSA) is 49.3 Å². The van der Waals surface area contributed by atoms with Crippen molar-refractivity contribution in [1.82, 2.24) is 5.32 Å². The van der Waals surface area contributed by atoms with Crippen molar-refractivity contribution in [2.24, 2.45) is 11.8 Å². The highest BCUT2D eigenvalue weighted by molar-refractivity contribution is 5.91. The molecule has 0 bridgehead atoms. The molecule has 3 rings (SSSR count). The van der Waals surface area contributed by atoms with E-state index in [1.165, 1.54) is 12.8 Å². The molecule has 2 unspecified atom stereocenters. The van der Waals surface area contributed by atoms with Crippen LogP contribution in [0.1, 0.15) is 44.1 Å². The zero-order valence-corrected chi connectivity index (χ0v) is 12.6. The summed E-state index contributed by atoms with van der Waals surface area (Å²) >= 11 is 0. The maximum atomic E-state index is 12.6. The number of carbonyl (C=O) groups excluding carboxylic acids is 1. The Morgan fingerprint density at radius 2 is 1.81 bits per heavy atom. The van der Waals surface area contributed by atoms with Crippen molar-refractivity contribution in [2.75, 3.05) is 13.2 Å². The van der Waals surface area contributed by atoms with Gasteiger partial charge in [0.05, 0.1) is 5.41 Å². The van der Waals surface area contributed by atoms with Gasteiger partial charge in [-0.3, -0.25) is 4.79 Å². The van der Waals surface area contributed by atoms with Crippen LogP contribution in [0.25, 0.3) is 0 Å². The third-order valence-corrected chi connectivity index (χ3v) is 5.34. The van der Waals surface area contributed by atoms with Gasteiger partial charge >= 0.3 is 0 Å². The van der Waals surface area contributed by atoms with Gasteiger partial charge in [-0.2, -0.15) is 0 Å². The quantitative estimate of drug-likeness (QED) is 0.874. The third kappa shape index (κ3) is 2.98. The van der Waals surface area contributed by atoms with Crippen molar-refractivity contribution in [3.05, 3.63) is 35.9 Å². The van der Waals surface area contributed by atoms with Crippen LogP contribution < -0.4 is 5.32 Å². The standard InChI is InChI=1S/C18H25NO2/c20-13-15-7-5-4-6-14(15)12-19-17(21)18(10-11-18)16-8-2-1-3-9-16/h1-3,8-9,14-15,20H,4-7,10-13H2,(H,19,21). The van der Waals surface area contributed by atoms with Gasteiger partial charge in [0.2, 0.25) is 5.91 Å². The second kappa shape index (κ2) is 6.18. The zero-order valence-electron chi connectivity index (χ0n) is 12.6. The Labute approximate surface area is 126 Å². The summed E-state index contributed by atoms with van der Waals surface area (Å²) in [4.78, 5) is 12.6. The molecule has 0 radical (unpaired) electrons. The highest BCUT2D eigenvalue weighted by Crippen LogP contribution is 2.48. The van der Waals surface area contributed by atoms with E-state index in [1.54, 1.807) is 0 Å². The molecule has 0 aliphatic heterocycles. The van der Waals surface area contributed by atoms with Gasteiger partial charge in [0.1, 0.15) is 0 Å². The Balaban J connectivity index is 1.59. The first-order chi connectivity index (χ1) is 10.3. The van der Waals surface area contributed by atoms with Crippen molar-refractivity contribution in [3.63, 3.8) is 0 Å². The van der Waals surface area contributed by atoms with Crippen LogP contribution in [0.3, 0.4) is 0 Å². The minimum Gasteiger partial charge on any atom is -0.396 e. The number of rotatable bonds is 5. The molecule has 0 heterocycles. The van der Waals surface area contributed by atoms with Crippen molar-refractivity contribution in [2.45, 2.75) is 43.9 Å². The number of nitrogens with one attached hydrogen (secondary N) is 1. The van der Waals surface area contributed by atoms with E-state index in [1.807, 2.05) is 18.2 Å². The molecule has 0 saturated heterocycles. The van der Waals surface area contributed by atoms with Crippen molar-refractivity contribution in [1.29, 1.82) is 0 Å². The average Bonchev–Trinajstić information content (AvgIpc) is 3.35. The van der Waals surface area contributed by atoms with E-state index in [0.717, 1.165) is 37.8 Å². The van der Waals surface area contributed by atoms with Crippen LogP contribution in [0.4, 0.5) is 0 Å². The zero-order chi connectivity index (χ0) is 14.7. The fraction of sp³-hybridized carbons (Fsp3) is 0.611. The second-order valence-electron chi connectivity index (χ2n) is 6.65. The van der Waals surface area contributed by atoms with E-state index < -0.39 is 0 Å². The summed E-state index contributed by atoms with van der Waals surface area (Å²) < 4.78 is 0. The maximum absolute atomic E-state index is 12.6. The molecule has 0 spiro atoms. The van der Waals surface area contributed by atoms with E-state index in [-0.39, 0.29) is 17.9 Å². The normalized spacial score (nSPS) is 27.1. The van der Waals surface area contributed by atoms with Gasteiger partial charge in [-0.05, 0) is 43.1 Å². The minimum absolute atomic E-state index is 0.177. The molecule has 3 nitrogen and oxygen atoms in total. The molecule has 2 atom stereocenters. The number of hydrogen-bond acceptors (Lipinski definition) is 2. The fourth-order valence-electron chi connectivity index (χ4n) is 3.72. The van der Waals surface area contributed by atoms with Gasteiger partial charge in [-0.15, -0.1) is 0 Å². The summed E-state index contributed by atoms with van der Waals surface area (Å²) in [5.74, 6) is 0.987. The maximum Gasteiger partial charge on any atom is 0.230 e. The van der Waals surface area contributed by atoms with E-state index >= 15 is 0 Å². The van der Waals surface area contributed by atoms with E-state index in [0.29, 0.717) is 11.8 Å². The van der Waals surface area contributed by atoms with Crippen LogP contribution in [-0.2, 0) is 10.2 Å². The molecule has 2 saturated carbocycles. The number of hydrogen-bond donors (Lipinski definition) is 2. The molecule has 1 aromatic rings. The average molecular weight is 287 g/mol. The van der Waals surface area contributed by atoms with Gasteiger partial charge in [-0.25, -0.2) is 0 Å². The van der Waals surface area contributed by atoms with E-state index in [9.17, 15) is 9.90 Å². The van der Waals surface area contributed by atoms with Crippen LogP contribution in [0.15, 0.2) is 30.3 Å². The molecule has 0 aromatic heterocycles. The second-order valence-corrected chi connectivity index (χ2v) is 6.65. The largest absolute Gasteiger partial charge is 0.396 e. The first-order valence-electron chi connectivity index (χ1n) is 8.21. The monoisotopic (exact) mass is 287 g/mol. The van der Waals surface area contributed by atoms with E-state index in [4.69, 9.17) is 0 Å². The van der Waals surface area contributed by atoms with Crippen LogP contribution in [0.5, 0.6) is 0 Å². The van der Waals surface area contributed by atoms with Gasteiger partial charge in [0.25, 0.3) is 0 Å². The Morgan fingerprint density at radius 3 is 2.43 bits per heavy atom. The Kier molecular flexibility index (Phi) is 4.29. The lowest BCUT2D eigenvalue weighted by atomic mass is 9.79. The molecule has 1 amide bonds. The van der Waals surface area contributed by atoms with Crippen LogP contribution >= 0.6 is 0 Å². The van der Waals surface area contributed by atoms with Gasteiger partial charge < -0.3 is 10.4 Å². The highest BCUT2D eigenvalue weighted by Gasteiger charge is 2.51. The molecule has 1 aromatic carbocycles. The van der Waals surface area contributed by atoms with Gasteiger partial charge in [-0.1, -0.05) is 43.2 Å². The SMILES string of the molecule is O=C(NCC1CCCCC1CO)C1(c2ccccc2)CC1. The smallest absolute Gasteiger partial charge is 0.230 e. The predicted octanol–water partition coefficient (Wildman–Crippen LogP) is 2.63. The van der Waals surface area contributed by atoms with Crippen LogP contribution in [0.2, 0.25) is 0 Å². The Morgan fingerprint density at radius 1 is 1.14 bits per heavy atom. The lowest BCUT2D eigenvalue weighted by molar-refractivity contribution is -0.124. The summed E-state index contributed by atoms with van der Waals surface area (Å²) in [6.07, 6.45) is 6.57. The molecule has 2 N–H and O–H groups in total. The van der Waals surface area contributed by atoms with Crippen molar-refractivity contribution < 1.29 is 9.90 Å². The van der Waals surface area contributed by atoms with Crippen LogP contribution in [-0.4, -0.2) is 24.2 Å². The van der Waals surface area contributed by atoms with Crippen LogP contribution in [0, 0.1) is 11.8 Å². The Hall–Kier alpha value is -1.35. The van der Waals surface area contributed by atoms with Crippen molar-refractivity contribution in [3.8, 4) is 0 Å². The summed E-state index contributed by atoms with van der Waals surface area (Å²) in [7, 11) is 0. The lowest BCUT2D eigenvalue weighted by Crippen LogP contribution is -2.40. The number of aliphatic hydroxyl groups excluding tert-OH is 1. The summed E-state index contributed by atoms with van der Waals surface area (Å²) in [5.41, 5.74) is 0.870. The molecular weight excluding hydrogens is 262 g/mol. The van der Waals surface area contributed by atoms with E-state index in [2.05, 4.69) is 17.4 Å². The Bertz CT molecular complexity index is 481. The number of amides is 1. The summed E-state index contributed by atoms with van der Waals surface area (Å²) in [5, 5.41) is 12.6. The molecule has 2 fully saturated rings. The first kappa shape index (κ1) is 14.6. The molecule has 3 heteroatoms. The highest BCUT2D eigenvalue weighted by atomic mass is 16.3. The minimum atomic E-state index is -0.273. The molecule has 2 aliphatic rings.